The zero-order chi connectivity index (χ0) is 15.8. The van der Waals surface area contributed by atoms with Crippen molar-refractivity contribution in [2.45, 2.75) is 26.2 Å². The van der Waals surface area contributed by atoms with Gasteiger partial charge in [-0.1, -0.05) is 10.4 Å². The Kier molecular flexibility index (Phi) is 3.16. The molecule has 2 heterocycles. The fourth-order valence-electron chi connectivity index (χ4n) is 3.82. The molecule has 0 fully saturated rings. The van der Waals surface area contributed by atoms with E-state index in [0.29, 0.717) is 0 Å². The molecule has 0 aliphatic carbocycles. The number of aromatic nitrogens is 4. The molecule has 0 saturated carbocycles. The van der Waals surface area contributed by atoms with Crippen molar-refractivity contribution < 1.29 is 0 Å². The molecule has 0 radical (unpaired) electrons. The summed E-state index contributed by atoms with van der Waals surface area (Å²) < 4.78 is 2.06. The summed E-state index contributed by atoms with van der Waals surface area (Å²) in [5.74, 6) is 0.992. The Balaban J connectivity index is 2.92. The molecule has 2 rings (SSSR count). The van der Waals surface area contributed by atoms with Gasteiger partial charge >= 0.3 is 0 Å². The number of hydrogen-bond donors (Lipinski definition) is 0. The Hall–Kier alpha value is -0.281. The highest BCUT2D eigenvalue weighted by Crippen LogP contribution is 2.67. The van der Waals surface area contributed by atoms with E-state index in [4.69, 9.17) is 0 Å². The van der Waals surface area contributed by atoms with Gasteiger partial charge in [0.2, 0.25) is 0 Å². The van der Waals surface area contributed by atoms with Gasteiger partial charge in [-0.25, -0.2) is 4.68 Å². The number of fused-ring (bicyclic) bond motifs is 1. The van der Waals surface area contributed by atoms with Crippen LogP contribution in [-0.4, -0.2) is 98.7 Å². The largest absolute Gasteiger partial charge is 0.242 e. The summed E-state index contributed by atoms with van der Waals surface area (Å²) in [7, 11) is 23.2. The van der Waals surface area contributed by atoms with Crippen molar-refractivity contribution in [2.24, 2.45) is 0 Å². The summed E-state index contributed by atoms with van der Waals surface area (Å²) in [5, 5.41) is 12.6. The second-order valence-electron chi connectivity index (χ2n) is 8.97. The Morgan fingerprint density at radius 1 is 0.700 bits per heavy atom. The molecule has 0 aromatic carbocycles. The maximum atomic E-state index is 4.39. The molecule has 0 atom stereocenters. The van der Waals surface area contributed by atoms with Crippen LogP contribution in [0.2, 0.25) is 15.6 Å². The molecule has 1 aliphatic rings. The lowest BCUT2D eigenvalue weighted by molar-refractivity contribution is 0.420. The quantitative estimate of drug-likeness (QED) is 0.433. The molecule has 0 unspecified atom stereocenters. The van der Waals surface area contributed by atoms with Gasteiger partial charge in [0.15, 0.2) is 0 Å². The Morgan fingerprint density at radius 2 is 1.20 bits per heavy atom. The minimum Gasteiger partial charge on any atom is -0.242 e. The van der Waals surface area contributed by atoms with Crippen molar-refractivity contribution in [3.63, 3.8) is 0 Å². The maximum absolute atomic E-state index is 4.39. The van der Waals surface area contributed by atoms with E-state index < -0.39 is 0 Å². The molecular weight excluding hydrogens is 236 g/mol. The van der Waals surface area contributed by atoms with Crippen LogP contribution in [0.4, 0.5) is 0 Å². The number of tetrazole rings is 1. The second-order valence-corrected chi connectivity index (χ2v) is 8.97. The van der Waals surface area contributed by atoms with Gasteiger partial charge in [0, 0.05) is 0 Å². The molecule has 4 nitrogen and oxygen atoms in total. The normalized spacial score (nSPS) is 28.0. The van der Waals surface area contributed by atoms with Crippen LogP contribution in [0.3, 0.4) is 0 Å². The van der Waals surface area contributed by atoms with Gasteiger partial charge in [-0.15, -0.1) is 10.3 Å². The van der Waals surface area contributed by atoms with Crippen LogP contribution < -0.4 is 0 Å². The Morgan fingerprint density at radius 3 is 1.70 bits per heavy atom. The van der Waals surface area contributed by atoms with E-state index in [2.05, 4.69) is 98.7 Å². The first kappa shape index (κ1) is 16.1. The third-order valence-corrected chi connectivity index (χ3v) is 7.78. The predicted octanol–water partition coefficient (Wildman–Crippen LogP) is -9.87. The van der Waals surface area contributed by atoms with E-state index >= 15 is 0 Å². The van der Waals surface area contributed by atoms with Gasteiger partial charge in [-0.05, 0) is 21.0 Å². The molecular formula is C6H20B10N4. The van der Waals surface area contributed by atoms with Crippen molar-refractivity contribution in [3.8, 4) is 0 Å². The minimum absolute atomic E-state index is 0.0292. The number of nitrogens with zero attached hydrogens (tertiary/aromatic N) is 4. The van der Waals surface area contributed by atoms with Crippen LogP contribution in [0, 0.1) is 0 Å². The molecule has 1 aromatic heterocycles. The lowest BCUT2D eigenvalue weighted by Gasteiger charge is -2.61. The lowest BCUT2D eigenvalue weighted by atomic mass is 9.08. The summed E-state index contributed by atoms with van der Waals surface area (Å²) in [4.78, 5) is 0. The van der Waals surface area contributed by atoms with Crippen molar-refractivity contribution in [3.05, 3.63) is 5.82 Å². The first-order chi connectivity index (χ1) is 8.73. The van der Waals surface area contributed by atoms with Gasteiger partial charge in [-0.3, -0.25) is 0 Å². The zero-order valence-electron chi connectivity index (χ0n) is 14.8. The molecule has 0 amide bonds. The molecule has 0 saturated heterocycles. The fourth-order valence-corrected chi connectivity index (χ4v) is 3.82. The average molecular weight is 256 g/mol. The fraction of sp³-hybridized carbons (Fsp3) is 0.833. The van der Waals surface area contributed by atoms with Crippen LogP contribution in [0.25, 0.3) is 0 Å². The van der Waals surface area contributed by atoms with Crippen LogP contribution in [0.15, 0.2) is 0 Å². The molecule has 0 bridgehead atoms. The lowest BCUT2D eigenvalue weighted by Crippen LogP contribution is -2.58. The average Bonchev–Trinajstić information content (AvgIpc) is 2.76. The Labute approximate surface area is 131 Å². The van der Waals surface area contributed by atoms with Crippen molar-refractivity contribution in [1.82, 2.24) is 20.2 Å². The molecule has 94 valence electrons. The SMILES string of the molecule is BC1(B)c2nnnn2C(B)(B)C(B)(B)C(B)(B)C1(B)B. The van der Waals surface area contributed by atoms with E-state index in [9.17, 15) is 0 Å². The van der Waals surface area contributed by atoms with Crippen LogP contribution in [0.1, 0.15) is 5.82 Å². The van der Waals surface area contributed by atoms with E-state index in [-0.39, 0.29) is 26.2 Å². The molecule has 1 aromatic rings. The molecule has 0 spiro atoms. The highest BCUT2D eigenvalue weighted by atomic mass is 15.6. The van der Waals surface area contributed by atoms with Gasteiger partial charge in [0.05, 0.1) is 47.1 Å². The van der Waals surface area contributed by atoms with Crippen LogP contribution in [0.5, 0.6) is 0 Å². The van der Waals surface area contributed by atoms with Gasteiger partial charge in [0.25, 0.3) is 0 Å². The number of hydrogen-bond acceptors (Lipinski definition) is 3. The first-order valence-corrected chi connectivity index (χ1v) is 7.52. The van der Waals surface area contributed by atoms with E-state index in [1.54, 1.807) is 0 Å². The summed E-state index contributed by atoms with van der Waals surface area (Å²) in [5.41, 5.74) is 0. The van der Waals surface area contributed by atoms with Gasteiger partial charge in [-0.2, -0.15) is 0 Å². The third-order valence-electron chi connectivity index (χ3n) is 7.78. The second kappa shape index (κ2) is 3.92. The zero-order valence-corrected chi connectivity index (χ0v) is 14.8. The van der Waals surface area contributed by atoms with E-state index in [0.717, 1.165) is 5.82 Å². The van der Waals surface area contributed by atoms with Crippen molar-refractivity contribution in [1.29, 1.82) is 0 Å². The van der Waals surface area contributed by atoms with Crippen LogP contribution >= 0.6 is 0 Å². The molecule has 1 aliphatic heterocycles. The summed E-state index contributed by atoms with van der Waals surface area (Å²) >= 11 is 0. The Bertz CT molecular complexity index is 503. The standard InChI is InChI=1S/C6H20B10N4/c7-2(8)1-17-18-19-20(1)6(15,16)5(13,14)4(11,12)3(2,9)10/h7-16H2. The van der Waals surface area contributed by atoms with Gasteiger partial charge < -0.3 is 0 Å². The smallest absolute Gasteiger partial charge is 0.139 e. The maximum Gasteiger partial charge on any atom is 0.139 e. The topological polar surface area (TPSA) is 43.6 Å². The monoisotopic (exact) mass is 258 g/mol. The number of rotatable bonds is 0. The highest BCUT2D eigenvalue weighted by molar-refractivity contribution is 6.68. The predicted molar refractivity (Wildman–Crippen MR) is 111 cm³/mol. The summed E-state index contributed by atoms with van der Waals surface area (Å²) in [6, 6.07) is 0. The van der Waals surface area contributed by atoms with Gasteiger partial charge in [0.1, 0.15) is 37.2 Å². The third kappa shape index (κ3) is 1.49. The minimum atomic E-state index is -0.152. The van der Waals surface area contributed by atoms with E-state index in [1.165, 1.54) is 0 Å². The molecule has 20 heavy (non-hydrogen) atoms. The summed E-state index contributed by atoms with van der Waals surface area (Å²) in [6.45, 7) is 0. The first-order valence-electron chi connectivity index (χ1n) is 7.52. The summed E-state index contributed by atoms with van der Waals surface area (Å²) in [6.07, 6.45) is 0. The molecule has 0 N–H and O–H groups in total. The van der Waals surface area contributed by atoms with Crippen molar-refractivity contribution >= 4 is 78.5 Å². The van der Waals surface area contributed by atoms with E-state index in [1.807, 2.05) is 0 Å². The molecule has 14 heteroatoms. The highest BCUT2D eigenvalue weighted by Gasteiger charge is 2.62. The van der Waals surface area contributed by atoms with Crippen molar-refractivity contribution in [2.75, 3.05) is 0 Å². The van der Waals surface area contributed by atoms with Crippen LogP contribution in [-0.2, 0) is 10.6 Å².